The van der Waals surface area contributed by atoms with Gasteiger partial charge in [-0.3, -0.25) is 4.57 Å². The van der Waals surface area contributed by atoms with Crippen LogP contribution in [0, 0.1) is 0 Å². The topological polar surface area (TPSA) is 63.3 Å². The predicted octanol–water partition coefficient (Wildman–Crippen LogP) is 3.01. The highest BCUT2D eigenvalue weighted by molar-refractivity contribution is 7.58. The lowest BCUT2D eigenvalue weighted by atomic mass is 10.1. The molecule has 0 amide bonds. The molecule has 0 aromatic heterocycles. The molecule has 1 rings (SSSR count). The van der Waals surface area contributed by atoms with Crippen LogP contribution in [0.3, 0.4) is 0 Å². The Bertz CT molecular complexity index is 379. The van der Waals surface area contributed by atoms with Crippen LogP contribution in [0.4, 0.5) is 5.69 Å². The van der Waals surface area contributed by atoms with Crippen LogP contribution in [-0.4, -0.2) is 11.1 Å². The molecule has 0 saturated carbocycles. The van der Waals surface area contributed by atoms with Crippen LogP contribution in [0.1, 0.15) is 31.5 Å². The van der Waals surface area contributed by atoms with Gasteiger partial charge in [-0.1, -0.05) is 26.0 Å². The summed E-state index contributed by atoms with van der Waals surface area (Å²) in [7, 11) is -3.08. The smallest absolute Gasteiger partial charge is 0.207 e. The van der Waals surface area contributed by atoms with Crippen LogP contribution >= 0.6 is 7.37 Å². The molecule has 0 aliphatic carbocycles. The van der Waals surface area contributed by atoms with Crippen molar-refractivity contribution < 1.29 is 9.46 Å². The van der Waals surface area contributed by atoms with Gasteiger partial charge in [-0.15, -0.1) is 0 Å². The molecular weight excluding hydrogens is 209 g/mol. The predicted molar refractivity (Wildman–Crippen MR) is 64.3 cm³/mol. The average Bonchev–Trinajstić information content (AvgIpc) is 2.18. The Labute approximate surface area is 90.8 Å². The number of anilines is 1. The normalized spacial score (nSPS) is 17.0. The maximum Gasteiger partial charge on any atom is 0.207 e. The first-order valence-electron chi connectivity index (χ1n) is 5.18. The summed E-state index contributed by atoms with van der Waals surface area (Å²) in [5.74, 6) is 0. The first-order chi connectivity index (χ1) is 7.01. The number of benzene rings is 1. The van der Waals surface area contributed by atoms with E-state index < -0.39 is 7.37 Å². The van der Waals surface area contributed by atoms with Gasteiger partial charge >= 0.3 is 0 Å². The van der Waals surface area contributed by atoms with E-state index in [4.69, 9.17) is 5.73 Å². The number of nitrogens with two attached hydrogens (primary N) is 1. The van der Waals surface area contributed by atoms with Crippen LogP contribution in [0.15, 0.2) is 24.3 Å². The minimum atomic E-state index is -3.08. The van der Waals surface area contributed by atoms with Crippen molar-refractivity contribution in [2.75, 3.05) is 11.9 Å². The van der Waals surface area contributed by atoms with Crippen molar-refractivity contribution >= 4 is 13.1 Å². The van der Waals surface area contributed by atoms with E-state index in [-0.39, 0.29) is 5.66 Å². The number of hydrogen-bond donors (Lipinski definition) is 2. The monoisotopic (exact) mass is 227 g/mol. The fraction of sp³-hybridized carbons (Fsp3) is 0.455. The SMILES string of the molecule is CCC(c1cccc(N)c1)P(=O)(O)CC. The Balaban J connectivity index is 3.08. The molecule has 2 unspecified atom stereocenters. The molecule has 0 aliphatic heterocycles. The highest BCUT2D eigenvalue weighted by Gasteiger charge is 2.28. The molecule has 0 bridgehead atoms. The highest BCUT2D eigenvalue weighted by Crippen LogP contribution is 2.56. The number of hydrogen-bond acceptors (Lipinski definition) is 2. The molecule has 3 nitrogen and oxygen atoms in total. The van der Waals surface area contributed by atoms with E-state index in [0.717, 1.165) is 5.56 Å². The fourth-order valence-electron chi connectivity index (χ4n) is 1.74. The van der Waals surface area contributed by atoms with Gasteiger partial charge in [-0.05, 0) is 24.1 Å². The van der Waals surface area contributed by atoms with E-state index in [1.165, 1.54) is 0 Å². The summed E-state index contributed by atoms with van der Waals surface area (Å²) < 4.78 is 11.9. The summed E-state index contributed by atoms with van der Waals surface area (Å²) in [6.07, 6.45) is 0.964. The van der Waals surface area contributed by atoms with Gasteiger partial charge in [0.1, 0.15) is 0 Å². The van der Waals surface area contributed by atoms with Crippen molar-refractivity contribution in [1.29, 1.82) is 0 Å². The van der Waals surface area contributed by atoms with Crippen LogP contribution in [0.25, 0.3) is 0 Å². The van der Waals surface area contributed by atoms with E-state index in [1.54, 1.807) is 19.1 Å². The molecule has 0 aliphatic rings. The van der Waals surface area contributed by atoms with Crippen molar-refractivity contribution in [2.45, 2.75) is 25.9 Å². The molecule has 0 radical (unpaired) electrons. The first kappa shape index (κ1) is 12.3. The van der Waals surface area contributed by atoms with Gasteiger partial charge in [0.2, 0.25) is 7.37 Å². The van der Waals surface area contributed by atoms with Crippen molar-refractivity contribution in [3.63, 3.8) is 0 Å². The molecule has 0 spiro atoms. The number of nitrogen functional groups attached to an aromatic ring is 1. The molecule has 3 N–H and O–H groups in total. The molecule has 84 valence electrons. The Hall–Kier alpha value is -0.790. The van der Waals surface area contributed by atoms with Crippen LogP contribution in [-0.2, 0) is 4.57 Å². The minimum Gasteiger partial charge on any atom is -0.399 e. The Morgan fingerprint density at radius 3 is 2.60 bits per heavy atom. The Morgan fingerprint density at radius 2 is 2.13 bits per heavy atom. The van der Waals surface area contributed by atoms with Gasteiger partial charge in [0.15, 0.2) is 0 Å². The maximum absolute atomic E-state index is 11.9. The van der Waals surface area contributed by atoms with Gasteiger partial charge < -0.3 is 10.6 Å². The van der Waals surface area contributed by atoms with Crippen molar-refractivity contribution in [2.24, 2.45) is 0 Å². The molecule has 0 fully saturated rings. The lowest BCUT2D eigenvalue weighted by Crippen LogP contribution is -2.01. The molecule has 0 saturated heterocycles. The van der Waals surface area contributed by atoms with E-state index in [9.17, 15) is 9.46 Å². The molecule has 2 atom stereocenters. The number of rotatable bonds is 4. The van der Waals surface area contributed by atoms with E-state index in [1.807, 2.05) is 19.1 Å². The van der Waals surface area contributed by atoms with Crippen molar-refractivity contribution in [3.05, 3.63) is 29.8 Å². The molecule has 15 heavy (non-hydrogen) atoms. The minimum absolute atomic E-state index is 0.286. The zero-order valence-electron chi connectivity index (χ0n) is 9.18. The van der Waals surface area contributed by atoms with E-state index in [2.05, 4.69) is 0 Å². The maximum atomic E-state index is 11.9. The Morgan fingerprint density at radius 1 is 1.47 bits per heavy atom. The summed E-state index contributed by atoms with van der Waals surface area (Å²) in [6.45, 7) is 3.67. The van der Waals surface area contributed by atoms with Crippen LogP contribution < -0.4 is 5.73 Å². The van der Waals surface area contributed by atoms with E-state index >= 15 is 0 Å². The lowest BCUT2D eigenvalue weighted by Gasteiger charge is -2.21. The fourth-order valence-corrected chi connectivity index (χ4v) is 3.38. The highest BCUT2D eigenvalue weighted by atomic mass is 31.2. The van der Waals surface area contributed by atoms with Gasteiger partial charge in [0.05, 0.1) is 5.66 Å². The van der Waals surface area contributed by atoms with Crippen LogP contribution in [0.5, 0.6) is 0 Å². The van der Waals surface area contributed by atoms with Crippen molar-refractivity contribution in [3.8, 4) is 0 Å². The second kappa shape index (κ2) is 4.82. The zero-order valence-corrected chi connectivity index (χ0v) is 10.1. The molecular formula is C11H18NO2P. The third kappa shape index (κ3) is 2.83. The van der Waals surface area contributed by atoms with Gasteiger partial charge in [0.25, 0.3) is 0 Å². The van der Waals surface area contributed by atoms with Crippen LogP contribution in [0.2, 0.25) is 0 Å². The molecule has 1 aromatic carbocycles. The molecule has 1 aromatic rings. The third-order valence-electron chi connectivity index (χ3n) is 2.62. The standard InChI is InChI=1S/C11H18NO2P/c1-3-11(15(13,14)4-2)9-6-5-7-10(12)8-9/h5-8,11H,3-4,12H2,1-2H3,(H,13,14). The van der Waals surface area contributed by atoms with E-state index in [0.29, 0.717) is 18.3 Å². The molecule has 4 heteroatoms. The summed E-state index contributed by atoms with van der Waals surface area (Å²) in [6, 6.07) is 7.25. The van der Waals surface area contributed by atoms with Gasteiger partial charge in [0, 0.05) is 11.8 Å². The largest absolute Gasteiger partial charge is 0.399 e. The summed E-state index contributed by atoms with van der Waals surface area (Å²) >= 11 is 0. The van der Waals surface area contributed by atoms with Crippen molar-refractivity contribution in [1.82, 2.24) is 0 Å². The summed E-state index contributed by atoms with van der Waals surface area (Å²) in [5.41, 5.74) is 6.89. The Kier molecular flexibility index (Phi) is 3.95. The second-order valence-corrected chi connectivity index (χ2v) is 6.43. The lowest BCUT2D eigenvalue weighted by molar-refractivity contribution is 0.463. The third-order valence-corrected chi connectivity index (χ3v) is 5.17. The molecule has 0 heterocycles. The first-order valence-corrected chi connectivity index (χ1v) is 7.09. The zero-order chi connectivity index (χ0) is 11.5. The van der Waals surface area contributed by atoms with Gasteiger partial charge in [-0.2, -0.15) is 0 Å². The quantitative estimate of drug-likeness (QED) is 0.614. The summed E-state index contributed by atoms with van der Waals surface area (Å²) in [5, 5.41) is 0. The second-order valence-electron chi connectivity index (χ2n) is 3.67. The van der Waals surface area contributed by atoms with Gasteiger partial charge in [-0.25, -0.2) is 0 Å². The summed E-state index contributed by atoms with van der Waals surface area (Å²) in [4.78, 5) is 9.84. The average molecular weight is 227 g/mol.